The number of urea groups is 1. The third kappa shape index (κ3) is 5.79. The highest BCUT2D eigenvalue weighted by Crippen LogP contribution is 2.30. The number of rotatable bonds is 6. The predicted molar refractivity (Wildman–Crippen MR) is 161 cm³/mol. The van der Waals surface area contributed by atoms with Gasteiger partial charge >= 0.3 is 6.03 Å². The van der Waals surface area contributed by atoms with E-state index in [1.165, 1.54) is 11.3 Å². The van der Waals surface area contributed by atoms with Crippen LogP contribution in [-0.2, 0) is 29.1 Å². The van der Waals surface area contributed by atoms with Crippen LogP contribution < -0.4 is 5.32 Å². The van der Waals surface area contributed by atoms with E-state index in [0.717, 1.165) is 26.9 Å². The molecule has 3 heterocycles. The lowest BCUT2D eigenvalue weighted by atomic mass is 9.98. The molecule has 2 aliphatic heterocycles. The number of fused-ring (bicyclic) bond motifs is 2. The summed E-state index contributed by atoms with van der Waals surface area (Å²) in [5, 5.41) is 15.9. The number of aromatic nitrogens is 1. The fourth-order valence-electron chi connectivity index (χ4n) is 5.58. The maximum absolute atomic E-state index is 14.0. The molecule has 3 aromatic carbocycles. The first-order valence-corrected chi connectivity index (χ1v) is 14.3. The van der Waals surface area contributed by atoms with Gasteiger partial charge in [-0.2, -0.15) is 0 Å². The van der Waals surface area contributed by atoms with Crippen molar-refractivity contribution in [2.24, 2.45) is 0 Å². The molecule has 10 nitrogen and oxygen atoms in total. The number of thiazole rings is 1. The number of phenolic OH excluding ortho intramolecular Hbond substituents is 1. The Morgan fingerprint density at radius 3 is 2.52 bits per heavy atom. The second-order valence-corrected chi connectivity index (χ2v) is 11.2. The molecule has 4 amide bonds. The number of hydrogen-bond donors (Lipinski definition) is 2. The summed E-state index contributed by atoms with van der Waals surface area (Å²) in [6.07, 6.45) is -0.432. The van der Waals surface area contributed by atoms with Gasteiger partial charge in [0.05, 0.1) is 28.8 Å². The number of nitrogens with zero attached hydrogens (tertiary/aromatic N) is 5. The number of aromatic hydroxyl groups is 1. The van der Waals surface area contributed by atoms with E-state index >= 15 is 0 Å². The number of nitrogens with one attached hydrogen (secondary N) is 1. The molecule has 0 bridgehead atoms. The van der Waals surface area contributed by atoms with E-state index in [0.29, 0.717) is 13.1 Å². The third-order valence-corrected chi connectivity index (χ3v) is 8.36. The molecule has 2 atom stereocenters. The van der Waals surface area contributed by atoms with Crippen molar-refractivity contribution in [1.82, 2.24) is 30.1 Å². The van der Waals surface area contributed by atoms with E-state index in [1.54, 1.807) is 56.6 Å². The summed E-state index contributed by atoms with van der Waals surface area (Å²) in [4.78, 5) is 48.8. The van der Waals surface area contributed by atoms with Gasteiger partial charge in [0.1, 0.15) is 18.0 Å². The van der Waals surface area contributed by atoms with Crippen LogP contribution >= 0.6 is 11.3 Å². The minimum absolute atomic E-state index is 0. The van der Waals surface area contributed by atoms with Gasteiger partial charge in [0.25, 0.3) is 0 Å². The Morgan fingerprint density at radius 1 is 1.02 bits per heavy atom. The monoisotopic (exact) mass is 586 g/mol. The first-order valence-electron chi connectivity index (χ1n) is 13.4. The van der Waals surface area contributed by atoms with Crippen LogP contribution in [-0.4, -0.2) is 80.1 Å². The van der Waals surface area contributed by atoms with Crippen LogP contribution in [0.1, 0.15) is 24.1 Å². The number of amides is 4. The molecule has 0 aliphatic carbocycles. The molecule has 218 valence electrons. The van der Waals surface area contributed by atoms with E-state index < -0.39 is 12.2 Å². The molecule has 11 heteroatoms. The zero-order valence-corrected chi connectivity index (χ0v) is 23.3. The van der Waals surface area contributed by atoms with Gasteiger partial charge in [-0.15, -0.1) is 11.3 Å². The van der Waals surface area contributed by atoms with Gasteiger partial charge in [0, 0.05) is 26.6 Å². The molecule has 0 unspecified atom stereocenters. The number of likely N-dealkylation sites (N-methyl/N-ethyl adjacent to an activating group) is 1. The Morgan fingerprint density at radius 2 is 1.76 bits per heavy atom. The fourth-order valence-corrected chi connectivity index (χ4v) is 6.32. The van der Waals surface area contributed by atoms with E-state index in [-0.39, 0.29) is 50.5 Å². The highest BCUT2D eigenvalue weighted by Gasteiger charge is 2.50. The number of hydrazine groups is 1. The number of carbonyl (C=O) groups excluding carboxylic acids is 3. The number of hydrogen-bond acceptors (Lipinski definition) is 7. The van der Waals surface area contributed by atoms with Crippen molar-refractivity contribution in [1.29, 1.82) is 0 Å². The van der Waals surface area contributed by atoms with Crippen molar-refractivity contribution in [3.8, 4) is 5.75 Å². The summed E-state index contributed by atoms with van der Waals surface area (Å²) < 4.78 is 1.03. The Labute approximate surface area is 248 Å². The van der Waals surface area contributed by atoms with E-state index in [1.807, 2.05) is 48.5 Å². The molecule has 42 heavy (non-hydrogen) atoms. The summed E-state index contributed by atoms with van der Waals surface area (Å²) in [5.74, 6) is -0.271. The summed E-state index contributed by atoms with van der Waals surface area (Å²) in [6, 6.07) is 21.0. The molecule has 2 fully saturated rings. The summed E-state index contributed by atoms with van der Waals surface area (Å²) in [5.41, 5.74) is 5.40. The fraction of sp³-hybridized carbons (Fsp3) is 0.290. The van der Waals surface area contributed by atoms with Crippen molar-refractivity contribution in [2.75, 3.05) is 20.1 Å². The summed E-state index contributed by atoms with van der Waals surface area (Å²) >= 11 is 1.54. The molecule has 0 saturated carbocycles. The minimum atomic E-state index is -0.809. The van der Waals surface area contributed by atoms with Crippen LogP contribution in [0.5, 0.6) is 5.75 Å². The zero-order chi connectivity index (χ0) is 28.5. The summed E-state index contributed by atoms with van der Waals surface area (Å²) in [7, 11) is 1.71. The third-order valence-electron chi connectivity index (χ3n) is 7.57. The molecular weight excluding hydrogens is 552 g/mol. The molecule has 0 radical (unpaired) electrons. The Kier molecular flexibility index (Phi) is 8.41. The second-order valence-electron chi connectivity index (χ2n) is 10.3. The van der Waals surface area contributed by atoms with Crippen LogP contribution in [0.15, 0.2) is 78.3 Å². The van der Waals surface area contributed by atoms with Gasteiger partial charge in [0.15, 0.2) is 0 Å². The lowest BCUT2D eigenvalue weighted by Crippen LogP contribution is -2.76. The van der Waals surface area contributed by atoms with E-state index in [2.05, 4.69) is 10.3 Å². The van der Waals surface area contributed by atoms with Crippen LogP contribution in [0, 0.1) is 0 Å². The Balaban J connectivity index is 0.00000353. The lowest BCUT2D eigenvalue weighted by Gasteiger charge is -2.54. The molecule has 1 aromatic heterocycles. The van der Waals surface area contributed by atoms with Crippen molar-refractivity contribution in [3.05, 3.63) is 95.0 Å². The molecule has 4 aromatic rings. The standard InChI is InChI=1S/C30H30N6O4S.CH4/c1-33-18-28(38)35-25(13-20-7-10-23(37)11-8-20)29(39)34(16-22-9-12-24-26(14-22)41-19-32-24)17-27(35)36(33)30(40)31-15-21-5-3-2-4-6-21;/h2-12,14,19,25,27,37H,13,15-18H2,1H3,(H,31,40);1H4/t25-,27-;/m0./s1. The Hall–Kier alpha value is -4.48. The van der Waals surface area contributed by atoms with Crippen molar-refractivity contribution < 1.29 is 19.5 Å². The maximum Gasteiger partial charge on any atom is 0.334 e. The van der Waals surface area contributed by atoms with Crippen molar-refractivity contribution in [3.63, 3.8) is 0 Å². The van der Waals surface area contributed by atoms with Crippen LogP contribution in [0.2, 0.25) is 0 Å². The number of piperazine rings is 1. The normalized spacial score (nSPS) is 19.0. The molecule has 2 saturated heterocycles. The average Bonchev–Trinajstić information content (AvgIpc) is 3.44. The molecular formula is C31H34N6O4S. The van der Waals surface area contributed by atoms with Crippen LogP contribution in [0.3, 0.4) is 0 Å². The lowest BCUT2D eigenvalue weighted by molar-refractivity contribution is -0.187. The van der Waals surface area contributed by atoms with E-state index in [4.69, 9.17) is 0 Å². The predicted octanol–water partition coefficient (Wildman–Crippen LogP) is 3.82. The van der Waals surface area contributed by atoms with Gasteiger partial charge in [0.2, 0.25) is 11.8 Å². The van der Waals surface area contributed by atoms with Crippen molar-refractivity contribution >= 4 is 39.4 Å². The van der Waals surface area contributed by atoms with Gasteiger partial charge in [-0.3, -0.25) is 9.59 Å². The molecule has 6 rings (SSSR count). The average molecular weight is 587 g/mol. The van der Waals surface area contributed by atoms with Crippen LogP contribution in [0.25, 0.3) is 10.2 Å². The largest absolute Gasteiger partial charge is 0.508 e. The zero-order valence-electron chi connectivity index (χ0n) is 22.5. The Bertz CT molecular complexity index is 1580. The van der Waals surface area contributed by atoms with Crippen molar-refractivity contribution in [2.45, 2.75) is 39.1 Å². The van der Waals surface area contributed by atoms with Gasteiger partial charge in [-0.1, -0.05) is 56.0 Å². The molecule has 2 aliphatic rings. The van der Waals surface area contributed by atoms with Gasteiger partial charge in [-0.05, 0) is 41.0 Å². The quantitative estimate of drug-likeness (QED) is 0.356. The highest BCUT2D eigenvalue weighted by atomic mass is 32.1. The van der Waals surface area contributed by atoms with Crippen LogP contribution in [0.4, 0.5) is 4.79 Å². The highest BCUT2D eigenvalue weighted by molar-refractivity contribution is 7.16. The second kappa shape index (κ2) is 12.2. The SMILES string of the molecule is C.CN1CC(=O)N2[C@@H](Cc3ccc(O)cc3)C(=O)N(Cc3ccc4ncsc4c3)C[C@@H]2N1C(=O)NCc1ccccc1. The molecule has 2 N–H and O–H groups in total. The maximum atomic E-state index is 14.0. The number of phenols is 1. The van der Waals surface area contributed by atoms with Gasteiger partial charge in [-0.25, -0.2) is 19.8 Å². The number of benzene rings is 3. The molecule has 0 spiro atoms. The first kappa shape index (κ1) is 29.0. The number of carbonyl (C=O) groups is 3. The smallest absolute Gasteiger partial charge is 0.334 e. The van der Waals surface area contributed by atoms with Gasteiger partial charge < -0.3 is 20.2 Å². The topological polar surface area (TPSA) is 109 Å². The first-order chi connectivity index (χ1) is 19.9. The minimum Gasteiger partial charge on any atom is -0.508 e. The summed E-state index contributed by atoms with van der Waals surface area (Å²) in [6.45, 7) is 0.802. The van der Waals surface area contributed by atoms with E-state index in [9.17, 15) is 19.5 Å².